The van der Waals surface area contributed by atoms with Gasteiger partial charge in [-0.25, -0.2) is 4.79 Å². The number of hydrogen-bond acceptors (Lipinski definition) is 4. The van der Waals surface area contributed by atoms with E-state index in [4.69, 9.17) is 16.3 Å². The van der Waals surface area contributed by atoms with Crippen LogP contribution in [-0.4, -0.2) is 18.6 Å². The Morgan fingerprint density at radius 2 is 1.88 bits per heavy atom. The fourth-order valence-electron chi connectivity index (χ4n) is 1.82. The third kappa shape index (κ3) is 6.60. The lowest BCUT2D eigenvalue weighted by atomic mass is 10.2. The van der Waals surface area contributed by atoms with Crippen LogP contribution in [0.1, 0.15) is 12.5 Å². The van der Waals surface area contributed by atoms with Crippen LogP contribution in [0, 0.1) is 0 Å². The van der Waals surface area contributed by atoms with Crippen molar-refractivity contribution in [3.8, 4) is 0 Å². The van der Waals surface area contributed by atoms with Crippen LogP contribution < -0.4 is 0 Å². The predicted molar refractivity (Wildman–Crippen MR) is 101 cm³/mol. The number of aliphatic imine (C=N–C) groups is 2. The zero-order valence-electron chi connectivity index (χ0n) is 13.7. The van der Waals surface area contributed by atoms with E-state index in [0.717, 1.165) is 5.56 Å². The highest BCUT2D eigenvalue weighted by molar-refractivity contribution is 6.30. The van der Waals surface area contributed by atoms with Crippen LogP contribution in [-0.2, 0) is 9.53 Å². The number of rotatable bonds is 6. The summed E-state index contributed by atoms with van der Waals surface area (Å²) in [4.78, 5) is 20.0. The number of nitrogens with zero attached hydrogens (tertiary/aromatic N) is 2. The Bertz CT molecular complexity index is 819. The second-order valence-electron chi connectivity index (χ2n) is 4.84. The normalized spacial score (nSPS) is 11.0. The summed E-state index contributed by atoms with van der Waals surface area (Å²) in [7, 11) is 0. The Labute approximate surface area is 151 Å². The molecule has 0 N–H and O–H groups in total. The van der Waals surface area contributed by atoms with Crippen LogP contribution in [0.4, 0.5) is 5.69 Å². The topological polar surface area (TPSA) is 51.0 Å². The summed E-state index contributed by atoms with van der Waals surface area (Å²) in [5.41, 5.74) is 1.77. The first-order valence-corrected chi connectivity index (χ1v) is 8.09. The molecule has 126 valence electrons. The van der Waals surface area contributed by atoms with Crippen LogP contribution in [0.2, 0.25) is 5.02 Å². The first-order chi connectivity index (χ1) is 12.2. The van der Waals surface area contributed by atoms with Gasteiger partial charge in [-0.1, -0.05) is 54.1 Å². The van der Waals surface area contributed by atoms with Gasteiger partial charge < -0.3 is 4.74 Å². The van der Waals surface area contributed by atoms with Gasteiger partial charge in [0.05, 0.1) is 12.3 Å². The van der Waals surface area contributed by atoms with Gasteiger partial charge >= 0.3 is 5.97 Å². The summed E-state index contributed by atoms with van der Waals surface area (Å²) in [6.07, 6.45) is 5.16. The van der Waals surface area contributed by atoms with Crippen molar-refractivity contribution in [3.05, 3.63) is 83.0 Å². The molecule has 0 unspecified atom stereocenters. The molecule has 0 saturated carbocycles. The van der Waals surface area contributed by atoms with Crippen molar-refractivity contribution in [2.75, 3.05) is 6.61 Å². The molecule has 0 heterocycles. The smallest absolute Gasteiger partial charge is 0.357 e. The number of esters is 1. The minimum atomic E-state index is -0.529. The summed E-state index contributed by atoms with van der Waals surface area (Å²) in [6, 6.07) is 19.1. The molecule has 25 heavy (non-hydrogen) atoms. The second-order valence-corrected chi connectivity index (χ2v) is 5.28. The lowest BCUT2D eigenvalue weighted by molar-refractivity contribution is -0.138. The van der Waals surface area contributed by atoms with Crippen molar-refractivity contribution in [2.45, 2.75) is 6.92 Å². The van der Waals surface area contributed by atoms with E-state index in [0.29, 0.717) is 10.7 Å². The largest absolute Gasteiger partial charge is 0.461 e. The molecule has 4 nitrogen and oxygen atoms in total. The fraction of sp³-hybridized carbons (Fsp3) is 0.100. The number of carbonyl (C=O) groups is 1. The molecule has 0 aromatic heterocycles. The van der Waals surface area contributed by atoms with Gasteiger partial charge in [0.25, 0.3) is 0 Å². The van der Waals surface area contributed by atoms with Crippen molar-refractivity contribution in [3.63, 3.8) is 0 Å². The predicted octanol–water partition coefficient (Wildman–Crippen LogP) is 5.31. The van der Waals surface area contributed by atoms with E-state index < -0.39 is 5.97 Å². The van der Waals surface area contributed by atoms with Gasteiger partial charge in [0.2, 0.25) is 0 Å². The maximum Gasteiger partial charge on any atom is 0.357 e. The Balaban J connectivity index is 2.18. The number of benzene rings is 2. The average molecular weight is 353 g/mol. The number of halogens is 1. The highest BCUT2D eigenvalue weighted by Crippen LogP contribution is 2.15. The zero-order chi connectivity index (χ0) is 17.9. The Morgan fingerprint density at radius 1 is 1.16 bits per heavy atom. The molecule has 2 rings (SSSR count). The van der Waals surface area contributed by atoms with Gasteiger partial charge in [-0.3, -0.25) is 0 Å². The molecular weight excluding hydrogens is 336 g/mol. The SMILES string of the molecule is CCOC(=O)/C(=C/C=C/c1ccccc1)N=C=Nc1ccc(Cl)cc1. The summed E-state index contributed by atoms with van der Waals surface area (Å²) in [5.74, 6) is -0.529. The summed E-state index contributed by atoms with van der Waals surface area (Å²) in [6.45, 7) is 2.00. The molecule has 0 aliphatic heterocycles. The lowest BCUT2D eigenvalue weighted by Gasteiger charge is -1.99. The van der Waals surface area contributed by atoms with Crippen molar-refractivity contribution < 1.29 is 9.53 Å². The molecule has 0 fully saturated rings. The Morgan fingerprint density at radius 3 is 2.56 bits per heavy atom. The second kappa shape index (κ2) is 10.0. The molecule has 0 aliphatic rings. The summed E-state index contributed by atoms with van der Waals surface area (Å²) < 4.78 is 4.99. The fourth-order valence-corrected chi connectivity index (χ4v) is 1.95. The van der Waals surface area contributed by atoms with E-state index in [1.807, 2.05) is 36.4 Å². The first-order valence-electron chi connectivity index (χ1n) is 7.71. The lowest BCUT2D eigenvalue weighted by Crippen LogP contribution is -2.05. The van der Waals surface area contributed by atoms with Gasteiger partial charge in [-0.15, -0.1) is 0 Å². The number of allylic oxidation sites excluding steroid dienone is 2. The van der Waals surface area contributed by atoms with Crippen LogP contribution >= 0.6 is 11.6 Å². The molecule has 2 aromatic carbocycles. The maximum absolute atomic E-state index is 12.0. The molecule has 0 spiro atoms. The van der Waals surface area contributed by atoms with E-state index in [9.17, 15) is 4.79 Å². The molecular formula is C20H17ClN2O2. The van der Waals surface area contributed by atoms with Crippen molar-refractivity contribution in [1.82, 2.24) is 0 Å². The van der Waals surface area contributed by atoms with Crippen molar-refractivity contribution >= 4 is 35.3 Å². The molecule has 0 bridgehead atoms. The highest BCUT2D eigenvalue weighted by Gasteiger charge is 2.07. The number of hydrogen-bond donors (Lipinski definition) is 0. The minimum Gasteiger partial charge on any atom is -0.461 e. The van der Waals surface area contributed by atoms with E-state index in [-0.39, 0.29) is 12.3 Å². The minimum absolute atomic E-state index is 0.117. The first kappa shape index (κ1) is 18.4. The summed E-state index contributed by atoms with van der Waals surface area (Å²) >= 11 is 5.82. The molecule has 5 heteroatoms. The van der Waals surface area contributed by atoms with E-state index >= 15 is 0 Å². The van der Waals surface area contributed by atoms with Gasteiger partial charge in [-0.05, 0) is 42.8 Å². The van der Waals surface area contributed by atoms with Gasteiger partial charge in [0, 0.05) is 5.02 Å². The van der Waals surface area contributed by atoms with Crippen molar-refractivity contribution in [2.24, 2.45) is 9.98 Å². The monoisotopic (exact) mass is 352 g/mol. The van der Waals surface area contributed by atoms with Gasteiger partial charge in [0.1, 0.15) is 6.01 Å². The highest BCUT2D eigenvalue weighted by atomic mass is 35.5. The summed E-state index contributed by atoms with van der Waals surface area (Å²) in [5, 5.41) is 0.619. The van der Waals surface area contributed by atoms with Crippen LogP contribution in [0.25, 0.3) is 6.08 Å². The van der Waals surface area contributed by atoms with Crippen LogP contribution in [0.3, 0.4) is 0 Å². The van der Waals surface area contributed by atoms with E-state index in [1.54, 1.807) is 43.3 Å². The molecule has 0 amide bonds. The Hall–Kier alpha value is -2.94. The van der Waals surface area contributed by atoms with Gasteiger partial charge in [-0.2, -0.15) is 9.98 Å². The van der Waals surface area contributed by atoms with Crippen LogP contribution in [0.15, 0.2) is 82.4 Å². The van der Waals surface area contributed by atoms with E-state index in [1.165, 1.54) is 0 Å². The zero-order valence-corrected chi connectivity index (χ0v) is 14.5. The molecule has 0 aliphatic carbocycles. The molecule has 0 atom stereocenters. The van der Waals surface area contributed by atoms with E-state index in [2.05, 4.69) is 16.0 Å². The molecule has 0 saturated heterocycles. The quantitative estimate of drug-likeness (QED) is 0.306. The third-order valence-corrected chi connectivity index (χ3v) is 3.26. The van der Waals surface area contributed by atoms with Crippen molar-refractivity contribution in [1.29, 1.82) is 0 Å². The maximum atomic E-state index is 12.0. The number of ether oxygens (including phenoxy) is 1. The molecule has 2 aromatic rings. The van der Waals surface area contributed by atoms with Gasteiger partial charge in [0.15, 0.2) is 5.70 Å². The molecule has 0 radical (unpaired) electrons. The number of carbonyl (C=O) groups excluding carboxylic acids is 1. The standard InChI is InChI=1S/C20H17ClN2O2/c1-2-25-20(24)19(10-6-9-16-7-4-3-5-8-16)23-15-22-18-13-11-17(21)12-14-18/h3-14H,2H2,1H3/b9-6+,19-10-. The Kier molecular flexibility index (Phi) is 7.39. The van der Waals surface area contributed by atoms with Crippen LogP contribution in [0.5, 0.6) is 0 Å². The third-order valence-electron chi connectivity index (χ3n) is 3.00. The average Bonchev–Trinajstić information content (AvgIpc) is 2.63.